The van der Waals surface area contributed by atoms with E-state index in [1.807, 2.05) is 97.9 Å². The van der Waals surface area contributed by atoms with E-state index in [-0.39, 0.29) is 67.5 Å². The summed E-state index contributed by atoms with van der Waals surface area (Å²) < 4.78 is 10.1. The number of hydroxylamine groups is 2. The van der Waals surface area contributed by atoms with Crippen LogP contribution in [0.3, 0.4) is 0 Å². The average Bonchev–Trinajstić information content (AvgIpc) is 0.863. The number of aryl methyl sites for hydroxylation is 3. The van der Waals surface area contributed by atoms with E-state index in [1.165, 1.54) is 94.8 Å². The molecule has 94 heavy (non-hydrogen) atoms. The lowest BCUT2D eigenvalue weighted by atomic mass is 9.78. The molecule has 15 nitrogen and oxygen atoms in total. The minimum absolute atomic E-state index is 0.00514. The number of nitrogens with zero attached hydrogens (tertiary/aromatic N) is 2. The zero-order chi connectivity index (χ0) is 72.3. The normalized spacial score (nSPS) is 17.5. The van der Waals surface area contributed by atoms with Crippen LogP contribution in [0.2, 0.25) is 0 Å². The third-order valence-electron chi connectivity index (χ3n) is 15.7. The first kappa shape index (κ1) is 83.1. The van der Waals surface area contributed by atoms with Crippen LogP contribution in [0.1, 0.15) is 216 Å². The van der Waals surface area contributed by atoms with E-state index in [0.29, 0.717) is 29.9 Å². The summed E-state index contributed by atoms with van der Waals surface area (Å²) in [5.74, 6) is 1.39. The maximum atomic E-state index is 11.3. The minimum atomic E-state index is -0.833. The fourth-order valence-corrected chi connectivity index (χ4v) is 10.8. The topological polar surface area (TPSA) is 223 Å². The van der Waals surface area contributed by atoms with E-state index in [2.05, 4.69) is 147 Å². The van der Waals surface area contributed by atoms with Gasteiger partial charge >= 0.3 is 15.9 Å². The van der Waals surface area contributed by atoms with Gasteiger partial charge in [-0.2, -0.15) is 10.2 Å². The summed E-state index contributed by atoms with van der Waals surface area (Å²) in [6.45, 7) is 53.0. The molecule has 2 aliphatic heterocycles. The molecule has 3 aliphatic carbocycles. The van der Waals surface area contributed by atoms with Crippen LogP contribution in [0, 0.1) is 32.1 Å². The molecule has 0 saturated carbocycles. The van der Waals surface area contributed by atoms with Gasteiger partial charge in [0.15, 0.2) is 34.6 Å². The Kier molecular flexibility index (Phi) is 31.1. The van der Waals surface area contributed by atoms with Gasteiger partial charge in [-0.3, -0.25) is 24.0 Å². The Morgan fingerprint density at radius 1 is 0.585 bits per heavy atom. The third-order valence-corrected chi connectivity index (χ3v) is 16.3. The van der Waals surface area contributed by atoms with Crippen molar-refractivity contribution in [2.24, 2.45) is 11.3 Å². The molecule has 514 valence electrons. The van der Waals surface area contributed by atoms with Crippen molar-refractivity contribution in [1.82, 2.24) is 10.7 Å². The Morgan fingerprint density at radius 3 is 1.43 bits per heavy atom. The third kappa shape index (κ3) is 28.1. The van der Waals surface area contributed by atoms with Gasteiger partial charge < -0.3 is 33.4 Å². The molecular weight excluding hydrogens is 1200 g/mol. The standard InChI is InChI=1S/C15H24O.C12H18O.C10H12O2.C10H14O2.C10H16.C9H17NO2.C6H6N2O2.C6H4O2.Al.H/c1-10-8-11(14(2,3)4)13(16)12(9-10)15(5,6)7;1-8-6-9(2)11(13)10(7-8)12(3,4)5;1-10(2,3)8-6-7(11)4-5-9(8)12;1-10(2,3)7-4-5-8(11)9(12)6-7;1-8(2)10-6-4-9(3)5-7-10;1-8(2)5-7(11)6-9(3,4)10(8)12;9-7-8(10)6-4-2-1-3-5-6;7-5-1-2-6(8)4-3-5;;/h8-9,16H,1-7H3;6-7,13H,1-5H3;4-6H,1-3H3;4-6,11-12H,1-3H3;4,10H,1,5-7H2,2-3H3;12H,5-6H2,1-4H3;1-5,7H;1-4H;;/q;;;;;;-2;;+2;. The van der Waals surface area contributed by atoms with Crippen molar-refractivity contribution in [3.05, 3.63) is 184 Å². The first-order chi connectivity index (χ1) is 42.9. The first-order valence-corrected chi connectivity index (χ1v) is 33.3. The SMILES string of the molecule is C=C(C)C1CC=C(C)CC1.CC(C)(C)C1=CC(=O)C=CC1=O.CC(C)(C)c1ccc(O)c(O)c1.CC1(C)CC(=O)CC(C)(C)N1O.Cc1cc(C(C)(C)C)c(O)c(C(C)(C)C)c1.Cc1cc(C)c(O)c(C(C)(C)C)c1.O=C1C=CC(=O)C=C1.c1ccc(N2N[O][AlH][O]2)cc1. The van der Waals surface area contributed by atoms with E-state index in [9.17, 15) is 44.5 Å². The van der Waals surface area contributed by atoms with Crippen LogP contribution >= 0.6 is 0 Å². The Bertz CT molecular complexity index is 3320. The first-order valence-electron chi connectivity index (χ1n) is 32.2. The molecule has 5 aliphatic rings. The molecule has 0 radical (unpaired) electrons. The van der Waals surface area contributed by atoms with E-state index < -0.39 is 27.0 Å². The number of Topliss-reactive ketones (excluding diaryl/α,β-unsaturated/α-hetero) is 1. The lowest BCUT2D eigenvalue weighted by Gasteiger charge is -2.47. The van der Waals surface area contributed by atoms with Crippen molar-refractivity contribution < 1.29 is 57.4 Å². The smallest absolute Gasteiger partial charge is 0.507 e. The highest BCUT2D eigenvalue weighted by molar-refractivity contribution is 6.19. The summed E-state index contributed by atoms with van der Waals surface area (Å²) in [4.78, 5) is 54.1. The molecule has 2 heterocycles. The van der Waals surface area contributed by atoms with Crippen molar-refractivity contribution in [2.75, 3.05) is 5.17 Å². The number of piperidine rings is 1. The van der Waals surface area contributed by atoms with E-state index >= 15 is 0 Å². The van der Waals surface area contributed by atoms with Gasteiger partial charge in [0, 0.05) is 29.5 Å². The molecular formula is C78H112AlN3O12. The summed E-state index contributed by atoms with van der Waals surface area (Å²) in [5, 5.41) is 51.1. The number of carbonyl (C=O) groups is 5. The molecule has 4 aromatic rings. The molecule has 16 heteroatoms. The Labute approximate surface area is 569 Å². The number of hydrogen-bond acceptors (Lipinski definition) is 15. The van der Waals surface area contributed by atoms with Gasteiger partial charge in [-0.1, -0.05) is 187 Å². The summed E-state index contributed by atoms with van der Waals surface area (Å²) >= 11 is -0.833. The number of carbonyl (C=O) groups excluding carboxylic acids is 5. The van der Waals surface area contributed by atoms with Crippen LogP contribution in [-0.4, -0.2) is 86.6 Å². The second kappa shape index (κ2) is 35.1. The van der Waals surface area contributed by atoms with Gasteiger partial charge in [-0.15, -0.1) is 5.59 Å². The maximum absolute atomic E-state index is 11.3. The number of ketones is 5. The number of rotatable bonds is 2. The van der Waals surface area contributed by atoms with Crippen LogP contribution in [0.4, 0.5) is 5.69 Å². The molecule has 0 aromatic heterocycles. The molecule has 2 fully saturated rings. The van der Waals surface area contributed by atoms with Crippen molar-refractivity contribution in [2.45, 2.75) is 231 Å². The lowest BCUT2D eigenvalue weighted by Crippen LogP contribution is -2.59. The molecule has 0 bridgehead atoms. The number of allylic oxidation sites excluding steroid dienone is 11. The van der Waals surface area contributed by atoms with Gasteiger partial charge in [0.2, 0.25) is 0 Å². The number of para-hydroxylation sites is 1. The van der Waals surface area contributed by atoms with Crippen molar-refractivity contribution in [3.63, 3.8) is 0 Å². The zero-order valence-electron chi connectivity index (χ0n) is 61.1. The molecule has 0 spiro atoms. The van der Waals surface area contributed by atoms with Crippen LogP contribution in [0.15, 0.2) is 145 Å². The fraction of sp³-hybridized carbons (Fsp3) is 0.474. The van der Waals surface area contributed by atoms with Gasteiger partial charge in [0.1, 0.15) is 17.3 Å². The summed E-state index contributed by atoms with van der Waals surface area (Å²) in [5.41, 5.74) is 13.5. The molecule has 9 rings (SSSR count). The highest BCUT2D eigenvalue weighted by Gasteiger charge is 2.44. The zero-order valence-corrected chi connectivity index (χ0v) is 62.5. The molecule has 2 saturated heterocycles. The summed E-state index contributed by atoms with van der Waals surface area (Å²) in [6, 6.07) is 22.9. The Balaban J connectivity index is 0.000000368. The second-order valence-corrected chi connectivity index (χ2v) is 31.9. The number of aromatic hydroxyl groups is 4. The van der Waals surface area contributed by atoms with Crippen LogP contribution in [0.5, 0.6) is 23.0 Å². The van der Waals surface area contributed by atoms with Gasteiger partial charge in [-0.05, 0) is 209 Å². The number of nitrogens with one attached hydrogen (secondary N) is 1. The molecule has 4 aromatic carbocycles. The second-order valence-electron chi connectivity index (χ2n) is 31.1. The number of anilines is 1. The van der Waals surface area contributed by atoms with E-state index in [0.717, 1.165) is 39.4 Å². The van der Waals surface area contributed by atoms with Gasteiger partial charge in [-0.25, -0.2) is 0 Å². The predicted molar refractivity (Wildman–Crippen MR) is 383 cm³/mol. The number of benzene rings is 4. The van der Waals surface area contributed by atoms with Gasteiger partial charge in [0.05, 0.1) is 5.69 Å². The van der Waals surface area contributed by atoms with E-state index in [4.69, 9.17) is 12.9 Å². The molecule has 6 N–H and O–H groups in total. The van der Waals surface area contributed by atoms with Crippen molar-refractivity contribution >= 4 is 50.5 Å². The predicted octanol–water partition coefficient (Wildman–Crippen LogP) is 17.0. The fourth-order valence-electron chi connectivity index (χ4n) is 10.3. The maximum Gasteiger partial charge on any atom is 0.693 e. The van der Waals surface area contributed by atoms with Crippen LogP contribution in [0.25, 0.3) is 0 Å². The number of hydrogen-bond donors (Lipinski definition) is 6. The average molecular weight is 1310 g/mol. The van der Waals surface area contributed by atoms with E-state index in [1.54, 1.807) is 11.6 Å². The molecule has 1 unspecified atom stereocenters. The quantitative estimate of drug-likeness (QED) is 0.0475. The van der Waals surface area contributed by atoms with Crippen LogP contribution in [-0.2, 0) is 53.4 Å². The monoisotopic (exact) mass is 1310 g/mol. The minimum Gasteiger partial charge on any atom is -0.507 e. The molecule has 0 amide bonds. The summed E-state index contributed by atoms with van der Waals surface area (Å²) in [6.07, 6.45) is 16.1. The van der Waals surface area contributed by atoms with Crippen molar-refractivity contribution in [3.8, 4) is 23.0 Å². The lowest BCUT2D eigenvalue weighted by molar-refractivity contribution is -0.236. The highest BCUT2D eigenvalue weighted by atomic mass is 27.2. The van der Waals surface area contributed by atoms with Gasteiger partial charge in [0.25, 0.3) is 0 Å². The Morgan fingerprint density at radius 2 is 1.04 bits per heavy atom. The Hall–Kier alpha value is -7.00. The largest absolute Gasteiger partial charge is 0.693 e. The number of phenols is 4. The number of phenolic OH excluding ortho intramolecular Hbond substituents is 4. The highest BCUT2D eigenvalue weighted by Crippen LogP contribution is 2.40. The van der Waals surface area contributed by atoms with Crippen molar-refractivity contribution in [1.29, 1.82) is 0 Å². The van der Waals surface area contributed by atoms with Crippen LogP contribution < -0.4 is 10.8 Å². The number of hydrazine groups is 1. The molecule has 1 atom stereocenters. The summed E-state index contributed by atoms with van der Waals surface area (Å²) in [7, 11) is 0.